The summed E-state index contributed by atoms with van der Waals surface area (Å²) in [6.45, 7) is 7.75. The van der Waals surface area contributed by atoms with Crippen LogP contribution in [0.5, 0.6) is 0 Å². The van der Waals surface area contributed by atoms with Crippen LogP contribution in [0.4, 0.5) is 0 Å². The van der Waals surface area contributed by atoms with Gasteiger partial charge < -0.3 is 15.7 Å². The molecule has 0 aromatic rings. The highest BCUT2D eigenvalue weighted by Crippen LogP contribution is 2.03. The fourth-order valence-corrected chi connectivity index (χ4v) is 1.23. The smallest absolute Gasteiger partial charge is 0.307 e. The number of hydrogen-bond donors (Lipinski definition) is 3. The standard InChI is InChI=1S/C11H22N2O3/c1-5-6-12-10(14)9(4)13-8(3)7(2)11(15)16/h7-9,13H,5-6H2,1-4H3,(H,12,14)(H,15,16). The summed E-state index contributed by atoms with van der Waals surface area (Å²) in [5, 5.41) is 14.5. The average molecular weight is 230 g/mol. The molecule has 0 rings (SSSR count). The van der Waals surface area contributed by atoms with Crippen molar-refractivity contribution in [2.75, 3.05) is 6.54 Å². The quantitative estimate of drug-likeness (QED) is 0.598. The van der Waals surface area contributed by atoms with Crippen LogP contribution in [0.3, 0.4) is 0 Å². The van der Waals surface area contributed by atoms with Gasteiger partial charge in [-0.25, -0.2) is 0 Å². The van der Waals surface area contributed by atoms with Crippen molar-refractivity contribution < 1.29 is 14.7 Å². The van der Waals surface area contributed by atoms with E-state index >= 15 is 0 Å². The van der Waals surface area contributed by atoms with Gasteiger partial charge in [0, 0.05) is 12.6 Å². The zero-order valence-electron chi connectivity index (χ0n) is 10.4. The highest BCUT2D eigenvalue weighted by atomic mass is 16.4. The summed E-state index contributed by atoms with van der Waals surface area (Å²) in [6, 6.07) is -0.608. The molecule has 0 bridgehead atoms. The van der Waals surface area contributed by atoms with Gasteiger partial charge in [0.25, 0.3) is 0 Å². The Morgan fingerprint density at radius 2 is 1.81 bits per heavy atom. The molecule has 3 unspecified atom stereocenters. The van der Waals surface area contributed by atoms with E-state index in [4.69, 9.17) is 5.11 Å². The Morgan fingerprint density at radius 1 is 1.25 bits per heavy atom. The molecule has 0 radical (unpaired) electrons. The van der Waals surface area contributed by atoms with Crippen LogP contribution in [-0.4, -0.2) is 35.6 Å². The second-order valence-corrected chi connectivity index (χ2v) is 4.09. The molecule has 0 aliphatic heterocycles. The molecule has 0 heterocycles. The number of carbonyl (C=O) groups excluding carboxylic acids is 1. The number of nitrogens with one attached hydrogen (secondary N) is 2. The van der Waals surface area contributed by atoms with Crippen LogP contribution >= 0.6 is 0 Å². The normalized spacial score (nSPS) is 16.2. The Balaban J connectivity index is 4.07. The third-order valence-electron chi connectivity index (χ3n) is 2.59. The molecule has 0 saturated carbocycles. The molecule has 3 atom stereocenters. The first-order chi connectivity index (χ1) is 7.40. The van der Waals surface area contributed by atoms with Crippen molar-refractivity contribution in [3.05, 3.63) is 0 Å². The Hall–Kier alpha value is -1.10. The molecule has 5 heteroatoms. The predicted octanol–water partition coefficient (Wildman–Crippen LogP) is 0.600. The summed E-state index contributed by atoms with van der Waals surface area (Å²) in [5.41, 5.74) is 0. The number of hydrogen-bond acceptors (Lipinski definition) is 3. The summed E-state index contributed by atoms with van der Waals surface area (Å²) in [6.07, 6.45) is 0.888. The zero-order chi connectivity index (χ0) is 12.7. The third-order valence-corrected chi connectivity index (χ3v) is 2.59. The summed E-state index contributed by atoms with van der Waals surface area (Å²) >= 11 is 0. The molecular weight excluding hydrogens is 208 g/mol. The molecule has 0 aliphatic carbocycles. The van der Waals surface area contributed by atoms with E-state index in [1.54, 1.807) is 20.8 Å². The van der Waals surface area contributed by atoms with Gasteiger partial charge in [0.2, 0.25) is 5.91 Å². The maximum atomic E-state index is 11.5. The number of carboxylic acids is 1. The first-order valence-electron chi connectivity index (χ1n) is 5.66. The lowest BCUT2D eigenvalue weighted by atomic mass is 10.0. The number of carbonyl (C=O) groups is 2. The number of aliphatic carboxylic acids is 1. The van der Waals surface area contributed by atoms with Gasteiger partial charge in [-0.15, -0.1) is 0 Å². The van der Waals surface area contributed by atoms with Crippen molar-refractivity contribution in [1.29, 1.82) is 0 Å². The lowest BCUT2D eigenvalue weighted by Gasteiger charge is -2.22. The molecule has 0 spiro atoms. The summed E-state index contributed by atoms with van der Waals surface area (Å²) in [4.78, 5) is 22.2. The number of carboxylic acid groups (broad SMARTS) is 1. The van der Waals surface area contributed by atoms with E-state index in [1.807, 2.05) is 6.92 Å². The van der Waals surface area contributed by atoms with Gasteiger partial charge in [-0.3, -0.25) is 9.59 Å². The Morgan fingerprint density at radius 3 is 2.25 bits per heavy atom. The van der Waals surface area contributed by atoms with Crippen LogP contribution in [0.1, 0.15) is 34.1 Å². The van der Waals surface area contributed by atoms with Crippen LogP contribution in [0, 0.1) is 5.92 Å². The summed E-state index contributed by atoms with van der Waals surface area (Å²) < 4.78 is 0. The second-order valence-electron chi connectivity index (χ2n) is 4.09. The Labute approximate surface area is 96.6 Å². The van der Waals surface area contributed by atoms with E-state index in [-0.39, 0.29) is 18.0 Å². The van der Waals surface area contributed by atoms with Gasteiger partial charge in [0.05, 0.1) is 12.0 Å². The average Bonchev–Trinajstić information content (AvgIpc) is 2.24. The molecule has 0 aromatic heterocycles. The molecule has 5 nitrogen and oxygen atoms in total. The molecule has 0 saturated heterocycles. The SMILES string of the molecule is CCCNC(=O)C(C)NC(C)C(C)C(=O)O. The maximum absolute atomic E-state index is 11.5. The molecule has 16 heavy (non-hydrogen) atoms. The van der Waals surface area contributed by atoms with Crippen LogP contribution in [0.25, 0.3) is 0 Å². The van der Waals surface area contributed by atoms with Gasteiger partial charge in [-0.2, -0.15) is 0 Å². The van der Waals surface area contributed by atoms with E-state index in [0.717, 1.165) is 6.42 Å². The van der Waals surface area contributed by atoms with Crippen molar-refractivity contribution in [3.8, 4) is 0 Å². The molecular formula is C11H22N2O3. The largest absolute Gasteiger partial charge is 0.481 e. The van der Waals surface area contributed by atoms with Crippen LogP contribution in [0.15, 0.2) is 0 Å². The van der Waals surface area contributed by atoms with Crippen molar-refractivity contribution in [1.82, 2.24) is 10.6 Å². The Bertz CT molecular complexity index is 243. The molecule has 0 aliphatic rings. The topological polar surface area (TPSA) is 78.4 Å². The fourth-order valence-electron chi connectivity index (χ4n) is 1.23. The van der Waals surface area contributed by atoms with Crippen molar-refractivity contribution >= 4 is 11.9 Å². The Kier molecular flexibility index (Phi) is 6.72. The highest BCUT2D eigenvalue weighted by molar-refractivity contribution is 5.81. The summed E-state index contributed by atoms with van der Waals surface area (Å²) in [7, 11) is 0. The molecule has 3 N–H and O–H groups in total. The third kappa shape index (κ3) is 5.11. The van der Waals surface area contributed by atoms with Gasteiger partial charge in [0.15, 0.2) is 0 Å². The van der Waals surface area contributed by atoms with Gasteiger partial charge in [-0.1, -0.05) is 13.8 Å². The van der Waals surface area contributed by atoms with E-state index in [2.05, 4.69) is 10.6 Å². The molecule has 0 aromatic carbocycles. The summed E-state index contributed by atoms with van der Waals surface area (Å²) in [5.74, 6) is -1.46. The lowest BCUT2D eigenvalue weighted by molar-refractivity contribution is -0.142. The minimum Gasteiger partial charge on any atom is -0.481 e. The molecule has 0 fully saturated rings. The minimum atomic E-state index is -0.860. The highest BCUT2D eigenvalue weighted by Gasteiger charge is 2.22. The van der Waals surface area contributed by atoms with E-state index in [9.17, 15) is 9.59 Å². The van der Waals surface area contributed by atoms with Crippen LogP contribution in [-0.2, 0) is 9.59 Å². The molecule has 94 valence electrons. The second kappa shape index (κ2) is 7.22. The van der Waals surface area contributed by atoms with Gasteiger partial charge in [0.1, 0.15) is 0 Å². The maximum Gasteiger partial charge on any atom is 0.307 e. The van der Waals surface area contributed by atoms with Gasteiger partial charge in [-0.05, 0) is 20.3 Å². The van der Waals surface area contributed by atoms with Crippen molar-refractivity contribution in [2.24, 2.45) is 5.92 Å². The minimum absolute atomic E-state index is 0.0914. The van der Waals surface area contributed by atoms with E-state index < -0.39 is 11.9 Å². The first kappa shape index (κ1) is 14.9. The first-order valence-corrected chi connectivity index (χ1v) is 5.66. The van der Waals surface area contributed by atoms with E-state index in [1.165, 1.54) is 0 Å². The van der Waals surface area contributed by atoms with E-state index in [0.29, 0.717) is 6.54 Å². The van der Waals surface area contributed by atoms with Crippen LogP contribution < -0.4 is 10.6 Å². The van der Waals surface area contributed by atoms with Gasteiger partial charge >= 0.3 is 5.97 Å². The number of rotatable bonds is 7. The molecule has 1 amide bonds. The number of amides is 1. The zero-order valence-corrected chi connectivity index (χ0v) is 10.4. The van der Waals surface area contributed by atoms with Crippen LogP contribution in [0.2, 0.25) is 0 Å². The monoisotopic (exact) mass is 230 g/mol. The van der Waals surface area contributed by atoms with Crippen molar-refractivity contribution in [2.45, 2.75) is 46.2 Å². The van der Waals surface area contributed by atoms with Crippen molar-refractivity contribution in [3.63, 3.8) is 0 Å². The lowest BCUT2D eigenvalue weighted by Crippen LogP contribution is -2.48. The predicted molar refractivity (Wildman–Crippen MR) is 62.2 cm³/mol. The fraction of sp³-hybridized carbons (Fsp3) is 0.818.